The highest BCUT2D eigenvalue weighted by Crippen LogP contribution is 2.51. The Morgan fingerprint density at radius 2 is 1.86 bits per heavy atom. The first kappa shape index (κ1) is 27.8. The molecule has 216 valence electrons. The maximum Gasteiger partial charge on any atom is 0.271 e. The molecule has 42 heavy (non-hydrogen) atoms. The predicted octanol–water partition coefficient (Wildman–Crippen LogP) is 6.96. The second kappa shape index (κ2) is 11.2. The maximum absolute atomic E-state index is 13.8. The van der Waals surface area contributed by atoms with Gasteiger partial charge in [-0.15, -0.1) is 0 Å². The van der Waals surface area contributed by atoms with E-state index in [0.717, 1.165) is 46.9 Å². The van der Waals surface area contributed by atoms with Crippen LogP contribution in [0.4, 0.5) is 11.4 Å². The summed E-state index contributed by atoms with van der Waals surface area (Å²) in [7, 11) is 0. The Kier molecular flexibility index (Phi) is 7.41. The molecule has 3 aromatic carbocycles. The van der Waals surface area contributed by atoms with Gasteiger partial charge in [-0.1, -0.05) is 67.0 Å². The molecule has 2 heterocycles. The van der Waals surface area contributed by atoms with Crippen LogP contribution in [-0.2, 0) is 14.3 Å². The third-order valence-corrected chi connectivity index (χ3v) is 9.00. The Morgan fingerprint density at radius 3 is 2.62 bits per heavy atom. The minimum absolute atomic E-state index is 0.118. The number of hydrogen-bond donors (Lipinski definition) is 1. The van der Waals surface area contributed by atoms with Crippen molar-refractivity contribution in [3.05, 3.63) is 93.1 Å². The molecule has 0 aromatic heterocycles. The van der Waals surface area contributed by atoms with Crippen molar-refractivity contribution in [2.45, 2.75) is 52.1 Å². The van der Waals surface area contributed by atoms with Gasteiger partial charge in [0, 0.05) is 23.4 Å². The molecule has 0 spiro atoms. The number of hydrogen-bond acceptors (Lipinski definition) is 6. The van der Waals surface area contributed by atoms with Crippen molar-refractivity contribution < 1.29 is 24.4 Å². The van der Waals surface area contributed by atoms with Gasteiger partial charge in [-0.05, 0) is 61.3 Å². The third kappa shape index (κ3) is 4.79. The first-order valence-electron chi connectivity index (χ1n) is 14.6. The zero-order valence-electron chi connectivity index (χ0n) is 23.8. The highest BCUT2D eigenvalue weighted by atomic mass is 16.6. The van der Waals surface area contributed by atoms with Gasteiger partial charge < -0.3 is 9.84 Å². The van der Waals surface area contributed by atoms with Gasteiger partial charge in [0.1, 0.15) is 5.75 Å². The Labute approximate surface area is 244 Å². The van der Waals surface area contributed by atoms with E-state index in [2.05, 4.69) is 19.9 Å². The number of imide groups is 1. The molecule has 0 bridgehead atoms. The summed E-state index contributed by atoms with van der Waals surface area (Å²) < 4.78 is 6.36. The van der Waals surface area contributed by atoms with E-state index < -0.39 is 16.8 Å². The molecular formula is C34H34N2O6. The second-order valence-electron chi connectivity index (χ2n) is 11.6. The number of anilines is 1. The van der Waals surface area contributed by atoms with Crippen molar-refractivity contribution in [2.75, 3.05) is 11.5 Å². The number of non-ortho nitro benzene ring substituents is 1. The zero-order chi connectivity index (χ0) is 29.5. The summed E-state index contributed by atoms with van der Waals surface area (Å²) in [6.45, 7) is 4.61. The standard InChI is InChI=1S/C34H34N2O6/c1-3-7-22-17-27-32(34(39)35(33(27)38)23-8-6-9-24(18-23)36(40)41)28-19-42-30(31(22)28)15-12-20(2)16-21-13-14-29(37)26-11-5-4-10-25(21)26/h4-6,8-11,13-14,16,18,27-28,30,32,37H,3,7,12,15,17,19H2,1-2H3/b20-16+/t27-,28+,30-,32-/m1/s1. The number of amides is 2. The minimum Gasteiger partial charge on any atom is -0.507 e. The smallest absolute Gasteiger partial charge is 0.271 e. The van der Waals surface area contributed by atoms with Crippen LogP contribution in [-0.4, -0.2) is 34.6 Å². The molecule has 2 saturated heterocycles. The van der Waals surface area contributed by atoms with Crippen molar-refractivity contribution in [2.24, 2.45) is 17.8 Å². The second-order valence-corrected chi connectivity index (χ2v) is 11.6. The van der Waals surface area contributed by atoms with E-state index in [1.54, 1.807) is 12.1 Å². The van der Waals surface area contributed by atoms with E-state index >= 15 is 0 Å². The Morgan fingerprint density at radius 1 is 1.07 bits per heavy atom. The fraction of sp³-hybridized carbons (Fsp3) is 0.353. The molecule has 2 amide bonds. The number of nitro benzene ring substituents is 1. The average molecular weight is 567 g/mol. The quantitative estimate of drug-likeness (QED) is 0.137. The number of nitro groups is 1. The van der Waals surface area contributed by atoms with E-state index in [1.165, 1.54) is 34.9 Å². The Balaban J connectivity index is 1.24. The molecule has 8 heteroatoms. The van der Waals surface area contributed by atoms with Crippen molar-refractivity contribution in [1.82, 2.24) is 0 Å². The number of rotatable bonds is 8. The monoisotopic (exact) mass is 566 g/mol. The lowest BCUT2D eigenvalue weighted by Gasteiger charge is -2.31. The van der Waals surface area contributed by atoms with Crippen LogP contribution in [0.1, 0.15) is 51.5 Å². The number of nitrogens with zero attached hydrogens (tertiary/aromatic N) is 2. The van der Waals surface area contributed by atoms with Gasteiger partial charge in [0.2, 0.25) is 11.8 Å². The topological polar surface area (TPSA) is 110 Å². The summed E-state index contributed by atoms with van der Waals surface area (Å²) in [6.07, 6.45) is 5.91. The lowest BCUT2D eigenvalue weighted by Crippen LogP contribution is -2.34. The fourth-order valence-corrected chi connectivity index (χ4v) is 7.14. The highest BCUT2D eigenvalue weighted by molar-refractivity contribution is 6.22. The summed E-state index contributed by atoms with van der Waals surface area (Å²) >= 11 is 0. The van der Waals surface area contributed by atoms with Gasteiger partial charge in [0.05, 0.1) is 35.2 Å². The summed E-state index contributed by atoms with van der Waals surface area (Å²) in [5.41, 5.74) is 4.75. The minimum atomic E-state index is -0.517. The molecule has 3 aliphatic rings. The van der Waals surface area contributed by atoms with Crippen LogP contribution in [0.15, 0.2) is 77.4 Å². The molecule has 3 aromatic rings. The number of ether oxygens (including phenoxy) is 1. The normalized spacial score (nSPS) is 24.0. The summed E-state index contributed by atoms with van der Waals surface area (Å²) in [6, 6.07) is 17.2. The first-order chi connectivity index (χ1) is 20.3. The molecule has 1 N–H and O–H groups in total. The fourth-order valence-electron chi connectivity index (χ4n) is 7.14. The van der Waals surface area contributed by atoms with E-state index in [4.69, 9.17) is 4.74 Å². The molecule has 0 unspecified atom stereocenters. The SMILES string of the molecule is CCCC1=C2[C@@H](CC/C(C)=C/c3ccc(O)c4ccccc34)OC[C@@H]2[C@@H]2C(=O)N(c3cccc([N+](=O)[O-])c3)C(=O)[C@@H]2C1. The lowest BCUT2D eigenvalue weighted by molar-refractivity contribution is -0.384. The van der Waals surface area contributed by atoms with Gasteiger partial charge in [-0.3, -0.25) is 19.7 Å². The van der Waals surface area contributed by atoms with Crippen molar-refractivity contribution in [1.29, 1.82) is 0 Å². The number of carbonyl (C=O) groups excluding carboxylic acids is 2. The number of phenolic OH excluding ortho intramolecular Hbond substituents is 1. The molecule has 2 aliphatic heterocycles. The Bertz CT molecular complexity index is 1660. The molecule has 0 saturated carbocycles. The van der Waals surface area contributed by atoms with Crippen LogP contribution >= 0.6 is 0 Å². The molecular weight excluding hydrogens is 532 g/mol. The van der Waals surface area contributed by atoms with E-state index in [1.807, 2.05) is 30.3 Å². The zero-order valence-corrected chi connectivity index (χ0v) is 23.8. The number of carbonyl (C=O) groups is 2. The van der Waals surface area contributed by atoms with Crippen molar-refractivity contribution >= 4 is 40.0 Å². The Hall–Kier alpha value is -4.30. The van der Waals surface area contributed by atoms with Gasteiger partial charge in [-0.2, -0.15) is 0 Å². The van der Waals surface area contributed by atoms with Crippen LogP contribution in [0.5, 0.6) is 5.75 Å². The number of phenols is 1. The van der Waals surface area contributed by atoms with Crippen molar-refractivity contribution in [3.63, 3.8) is 0 Å². The van der Waals surface area contributed by atoms with Crippen LogP contribution in [0, 0.1) is 27.9 Å². The van der Waals surface area contributed by atoms with Crippen LogP contribution in [0.3, 0.4) is 0 Å². The predicted molar refractivity (Wildman–Crippen MR) is 161 cm³/mol. The van der Waals surface area contributed by atoms with E-state index in [-0.39, 0.29) is 41.0 Å². The molecule has 6 rings (SSSR count). The molecule has 1 aliphatic carbocycles. The van der Waals surface area contributed by atoms with Crippen LogP contribution in [0.25, 0.3) is 16.8 Å². The number of fused-ring (bicyclic) bond motifs is 4. The number of benzene rings is 3. The number of aromatic hydroxyl groups is 1. The molecule has 4 atom stereocenters. The largest absolute Gasteiger partial charge is 0.507 e. The van der Waals surface area contributed by atoms with Gasteiger partial charge >= 0.3 is 0 Å². The third-order valence-electron chi connectivity index (χ3n) is 9.00. The van der Waals surface area contributed by atoms with Gasteiger partial charge in [0.25, 0.3) is 5.69 Å². The van der Waals surface area contributed by atoms with Crippen LogP contribution < -0.4 is 4.90 Å². The maximum atomic E-state index is 13.8. The van der Waals surface area contributed by atoms with E-state index in [0.29, 0.717) is 13.0 Å². The van der Waals surface area contributed by atoms with Gasteiger partial charge in [0.15, 0.2) is 0 Å². The van der Waals surface area contributed by atoms with Crippen LogP contribution in [0.2, 0.25) is 0 Å². The van der Waals surface area contributed by atoms with Gasteiger partial charge in [-0.25, -0.2) is 4.90 Å². The van der Waals surface area contributed by atoms with E-state index in [9.17, 15) is 24.8 Å². The molecule has 2 fully saturated rings. The van der Waals surface area contributed by atoms with Crippen molar-refractivity contribution in [3.8, 4) is 5.75 Å². The highest BCUT2D eigenvalue weighted by Gasteiger charge is 2.57. The summed E-state index contributed by atoms with van der Waals surface area (Å²) in [5, 5.41) is 23.4. The molecule has 8 nitrogen and oxygen atoms in total. The summed E-state index contributed by atoms with van der Waals surface area (Å²) in [4.78, 5) is 39.4. The first-order valence-corrected chi connectivity index (χ1v) is 14.6. The average Bonchev–Trinajstić information content (AvgIpc) is 3.52. The summed E-state index contributed by atoms with van der Waals surface area (Å²) in [5.74, 6) is -1.46. The lowest BCUT2D eigenvalue weighted by atomic mass is 9.68. The molecule has 0 radical (unpaired) electrons. The number of allylic oxidation sites excluding steroid dienone is 2.